The summed E-state index contributed by atoms with van der Waals surface area (Å²) in [6, 6.07) is 5.45. The average molecular weight is 278 g/mol. The van der Waals surface area contributed by atoms with Crippen molar-refractivity contribution in [3.8, 4) is 5.75 Å². The van der Waals surface area contributed by atoms with Crippen molar-refractivity contribution in [3.05, 3.63) is 56.5 Å². The molecule has 0 bridgehead atoms. The second-order valence-electron chi connectivity index (χ2n) is 3.87. The fourth-order valence-corrected chi connectivity index (χ4v) is 1.56. The van der Waals surface area contributed by atoms with Crippen molar-refractivity contribution >= 4 is 11.5 Å². The number of benzene rings is 1. The molecule has 1 aromatic carbocycles. The molecule has 1 aromatic heterocycles. The van der Waals surface area contributed by atoms with Gasteiger partial charge >= 0.3 is 5.82 Å². The van der Waals surface area contributed by atoms with E-state index in [4.69, 9.17) is 4.74 Å². The molecule has 9 heteroatoms. The highest BCUT2D eigenvalue weighted by molar-refractivity contribution is 5.35. The number of rotatable bonds is 5. The number of hydrogen-bond donors (Lipinski definition) is 0. The Kier molecular flexibility index (Phi) is 3.60. The topological polar surface area (TPSA) is 113 Å². The summed E-state index contributed by atoms with van der Waals surface area (Å²) in [7, 11) is 0. The molecule has 0 aliphatic rings. The summed E-state index contributed by atoms with van der Waals surface area (Å²) >= 11 is 0. The summed E-state index contributed by atoms with van der Waals surface area (Å²) in [5, 5.41) is 21.3. The average Bonchev–Trinajstić information content (AvgIpc) is 2.78. The largest absolute Gasteiger partial charge is 0.454 e. The Morgan fingerprint density at radius 3 is 2.40 bits per heavy atom. The van der Waals surface area contributed by atoms with E-state index in [1.807, 2.05) is 0 Å². The Morgan fingerprint density at radius 1 is 1.20 bits per heavy atom. The van der Waals surface area contributed by atoms with Gasteiger partial charge in [0.1, 0.15) is 11.9 Å². The third kappa shape index (κ3) is 2.71. The molecule has 0 saturated carbocycles. The van der Waals surface area contributed by atoms with Gasteiger partial charge in [-0.05, 0) is 17.1 Å². The Bertz CT molecular complexity index is 649. The first kappa shape index (κ1) is 13.5. The van der Waals surface area contributed by atoms with Gasteiger partial charge in [-0.25, -0.2) is 4.98 Å². The molecule has 0 N–H and O–H groups in total. The summed E-state index contributed by atoms with van der Waals surface area (Å²) in [6.45, 7) is 1.52. The molecule has 0 unspecified atom stereocenters. The number of nitrogens with zero attached hydrogens (tertiary/aromatic N) is 4. The number of ether oxygens (including phenoxy) is 1. The van der Waals surface area contributed by atoms with Gasteiger partial charge in [-0.15, -0.1) is 0 Å². The van der Waals surface area contributed by atoms with E-state index >= 15 is 0 Å². The van der Waals surface area contributed by atoms with Crippen LogP contribution in [-0.4, -0.2) is 19.4 Å². The SMILES string of the molecule is Cc1ncc([N+](=O)[O-])n1COc1ccc([N+](=O)[O-])cc1. The maximum absolute atomic E-state index is 10.8. The maximum Gasteiger partial charge on any atom is 0.345 e. The Balaban J connectivity index is 2.11. The van der Waals surface area contributed by atoms with Crippen molar-refractivity contribution in [1.82, 2.24) is 9.55 Å². The highest BCUT2D eigenvalue weighted by atomic mass is 16.6. The van der Waals surface area contributed by atoms with E-state index in [-0.39, 0.29) is 18.2 Å². The van der Waals surface area contributed by atoms with E-state index in [1.54, 1.807) is 6.92 Å². The Morgan fingerprint density at radius 2 is 1.85 bits per heavy atom. The smallest absolute Gasteiger partial charge is 0.345 e. The number of aryl methyl sites for hydroxylation is 1. The molecule has 2 aromatic rings. The van der Waals surface area contributed by atoms with Crippen LogP contribution in [0.1, 0.15) is 5.82 Å². The van der Waals surface area contributed by atoms with Crippen molar-refractivity contribution in [2.75, 3.05) is 0 Å². The lowest BCUT2D eigenvalue weighted by atomic mass is 10.3. The summed E-state index contributed by atoms with van der Waals surface area (Å²) < 4.78 is 6.65. The van der Waals surface area contributed by atoms with Gasteiger partial charge in [0.2, 0.25) is 6.73 Å². The van der Waals surface area contributed by atoms with Gasteiger partial charge in [-0.1, -0.05) is 0 Å². The second kappa shape index (κ2) is 5.34. The molecule has 2 rings (SSSR count). The first-order chi connectivity index (χ1) is 9.49. The fraction of sp³-hybridized carbons (Fsp3) is 0.182. The first-order valence-corrected chi connectivity index (χ1v) is 5.53. The zero-order chi connectivity index (χ0) is 14.7. The molecule has 20 heavy (non-hydrogen) atoms. The molecule has 0 radical (unpaired) electrons. The minimum Gasteiger partial charge on any atom is -0.454 e. The molecule has 0 aliphatic carbocycles. The van der Waals surface area contributed by atoms with E-state index in [2.05, 4.69) is 4.98 Å². The number of imidazole rings is 1. The van der Waals surface area contributed by atoms with Crippen molar-refractivity contribution in [2.24, 2.45) is 0 Å². The quantitative estimate of drug-likeness (QED) is 0.610. The van der Waals surface area contributed by atoms with Gasteiger partial charge in [-0.3, -0.25) is 10.1 Å². The summed E-state index contributed by atoms with van der Waals surface area (Å²) in [6.07, 6.45) is 1.15. The number of non-ortho nitro benzene ring substituents is 1. The van der Waals surface area contributed by atoms with E-state index < -0.39 is 9.85 Å². The van der Waals surface area contributed by atoms with Crippen LogP contribution in [-0.2, 0) is 6.73 Å². The number of aromatic nitrogens is 2. The third-order valence-electron chi connectivity index (χ3n) is 2.63. The van der Waals surface area contributed by atoms with E-state index in [1.165, 1.54) is 28.8 Å². The van der Waals surface area contributed by atoms with Crippen LogP contribution in [0.3, 0.4) is 0 Å². The van der Waals surface area contributed by atoms with Crippen molar-refractivity contribution in [2.45, 2.75) is 13.7 Å². The van der Waals surface area contributed by atoms with E-state index in [0.717, 1.165) is 6.20 Å². The lowest BCUT2D eigenvalue weighted by Crippen LogP contribution is -2.09. The Labute approximate surface area is 112 Å². The van der Waals surface area contributed by atoms with Crippen LogP contribution < -0.4 is 4.74 Å². The monoisotopic (exact) mass is 278 g/mol. The molecule has 0 spiro atoms. The van der Waals surface area contributed by atoms with Gasteiger partial charge in [0, 0.05) is 19.1 Å². The van der Waals surface area contributed by atoms with Crippen LogP contribution in [0.5, 0.6) is 5.75 Å². The molecule has 9 nitrogen and oxygen atoms in total. The molecule has 0 amide bonds. The predicted molar refractivity (Wildman–Crippen MR) is 67.3 cm³/mol. The third-order valence-corrected chi connectivity index (χ3v) is 2.63. The molecular weight excluding hydrogens is 268 g/mol. The first-order valence-electron chi connectivity index (χ1n) is 5.53. The van der Waals surface area contributed by atoms with Crippen LogP contribution >= 0.6 is 0 Å². The molecule has 0 atom stereocenters. The van der Waals surface area contributed by atoms with E-state index in [0.29, 0.717) is 11.6 Å². The van der Waals surface area contributed by atoms with Gasteiger partial charge in [0.25, 0.3) is 5.69 Å². The fourth-order valence-electron chi connectivity index (χ4n) is 1.56. The molecular formula is C11H10N4O5. The summed E-state index contributed by atoms with van der Waals surface area (Å²) in [5.74, 6) is 0.640. The summed E-state index contributed by atoms with van der Waals surface area (Å²) in [5.41, 5.74) is -0.0536. The highest BCUT2D eigenvalue weighted by Crippen LogP contribution is 2.19. The normalized spacial score (nSPS) is 10.2. The number of nitro groups is 2. The standard InChI is InChI=1S/C11H10N4O5/c1-8-12-6-11(15(18)19)13(8)7-20-10-4-2-9(3-5-10)14(16)17/h2-6H,7H2,1H3. The van der Waals surface area contributed by atoms with Gasteiger partial charge in [-0.2, -0.15) is 4.57 Å². The lowest BCUT2D eigenvalue weighted by molar-refractivity contribution is -0.392. The van der Waals surface area contributed by atoms with Crippen molar-refractivity contribution in [1.29, 1.82) is 0 Å². The van der Waals surface area contributed by atoms with Crippen LogP contribution in [0, 0.1) is 27.2 Å². The second-order valence-corrected chi connectivity index (χ2v) is 3.87. The molecule has 1 heterocycles. The molecule has 0 saturated heterocycles. The highest BCUT2D eigenvalue weighted by Gasteiger charge is 2.17. The van der Waals surface area contributed by atoms with Crippen LogP contribution in [0.4, 0.5) is 11.5 Å². The lowest BCUT2D eigenvalue weighted by Gasteiger charge is -2.05. The summed E-state index contributed by atoms with van der Waals surface area (Å²) in [4.78, 5) is 24.0. The molecule has 104 valence electrons. The number of nitro benzene ring substituents is 1. The van der Waals surface area contributed by atoms with Crippen molar-refractivity contribution < 1.29 is 14.6 Å². The van der Waals surface area contributed by atoms with Crippen LogP contribution in [0.25, 0.3) is 0 Å². The van der Waals surface area contributed by atoms with Crippen molar-refractivity contribution in [3.63, 3.8) is 0 Å². The van der Waals surface area contributed by atoms with Crippen LogP contribution in [0.2, 0.25) is 0 Å². The zero-order valence-corrected chi connectivity index (χ0v) is 10.4. The maximum atomic E-state index is 10.8. The zero-order valence-electron chi connectivity index (χ0n) is 10.4. The molecule has 0 aliphatic heterocycles. The van der Waals surface area contributed by atoms with E-state index in [9.17, 15) is 20.2 Å². The van der Waals surface area contributed by atoms with Gasteiger partial charge in [0.15, 0.2) is 5.82 Å². The number of hydrogen-bond acceptors (Lipinski definition) is 6. The van der Waals surface area contributed by atoms with Crippen LogP contribution in [0.15, 0.2) is 30.5 Å². The predicted octanol–water partition coefficient (Wildman–Crippen LogP) is 2.04. The minimum atomic E-state index is -0.556. The minimum absolute atomic E-state index is 0.0536. The molecule has 0 fully saturated rings. The van der Waals surface area contributed by atoms with Gasteiger partial charge in [0.05, 0.1) is 4.92 Å². The van der Waals surface area contributed by atoms with Gasteiger partial charge < -0.3 is 14.9 Å². The Hall–Kier alpha value is -2.97.